The summed E-state index contributed by atoms with van der Waals surface area (Å²) >= 11 is 0. The topological polar surface area (TPSA) is 93.3 Å². The second-order valence-corrected chi connectivity index (χ2v) is 11.2. The van der Waals surface area contributed by atoms with Crippen molar-refractivity contribution in [3.05, 3.63) is 89.6 Å². The number of ether oxygens (including phenoxy) is 4. The number of nitrogens with one attached hydrogen (secondary N) is 1. The van der Waals surface area contributed by atoms with E-state index in [1.54, 1.807) is 4.90 Å². The number of aromatic amines is 1. The highest BCUT2D eigenvalue weighted by atomic mass is 19.3. The highest BCUT2D eigenvalue weighted by molar-refractivity contribution is 5.86. The van der Waals surface area contributed by atoms with Gasteiger partial charge >= 0.3 is 12.0 Å². The van der Waals surface area contributed by atoms with Gasteiger partial charge in [0.25, 0.3) is 5.91 Å². The Balaban J connectivity index is 1.27. The number of aromatic nitrogens is 1. The third kappa shape index (κ3) is 7.03. The van der Waals surface area contributed by atoms with Crippen LogP contribution in [0.15, 0.2) is 72.9 Å². The number of carbonyl (C=O) groups is 2. The number of nitrogens with zero attached hydrogens (tertiary/aromatic N) is 2. The number of methoxy groups -OCH3 is 3. The van der Waals surface area contributed by atoms with Crippen molar-refractivity contribution in [1.82, 2.24) is 14.8 Å². The Kier molecular flexibility index (Phi) is 10.3. The largest absolute Gasteiger partial charge is 0.493 e. The molecule has 1 atom stereocenters. The molecule has 0 aliphatic carbocycles. The Morgan fingerprint density at radius 2 is 1.61 bits per heavy atom. The first-order valence-corrected chi connectivity index (χ1v) is 15.3. The molecule has 1 saturated heterocycles. The second kappa shape index (κ2) is 14.5. The van der Waals surface area contributed by atoms with Crippen molar-refractivity contribution in [3.63, 3.8) is 0 Å². The number of para-hydroxylation sites is 1. The summed E-state index contributed by atoms with van der Waals surface area (Å²) in [5, 5.41) is 1.09. The van der Waals surface area contributed by atoms with E-state index in [4.69, 9.17) is 18.9 Å². The lowest BCUT2D eigenvalue weighted by molar-refractivity contribution is -0.160. The van der Waals surface area contributed by atoms with Gasteiger partial charge in [-0.1, -0.05) is 48.5 Å². The molecule has 11 heteroatoms. The van der Waals surface area contributed by atoms with Gasteiger partial charge in [0.15, 0.2) is 11.5 Å². The van der Waals surface area contributed by atoms with E-state index in [9.17, 15) is 9.59 Å². The van der Waals surface area contributed by atoms with Gasteiger partial charge in [-0.15, -0.1) is 0 Å². The van der Waals surface area contributed by atoms with E-state index >= 15 is 8.78 Å². The van der Waals surface area contributed by atoms with Gasteiger partial charge < -0.3 is 33.7 Å². The van der Waals surface area contributed by atoms with Gasteiger partial charge in [-0.3, -0.25) is 4.79 Å². The van der Waals surface area contributed by atoms with Crippen LogP contribution >= 0.6 is 0 Å². The van der Waals surface area contributed by atoms with E-state index in [-0.39, 0.29) is 30.4 Å². The van der Waals surface area contributed by atoms with Crippen molar-refractivity contribution in [2.45, 2.75) is 37.6 Å². The van der Waals surface area contributed by atoms with E-state index in [1.807, 2.05) is 60.8 Å². The van der Waals surface area contributed by atoms with Crippen molar-refractivity contribution >= 4 is 22.9 Å². The molecule has 244 valence electrons. The number of amides is 2. The third-order valence-corrected chi connectivity index (χ3v) is 8.43. The molecule has 1 aliphatic rings. The molecule has 1 unspecified atom stereocenters. The summed E-state index contributed by atoms with van der Waals surface area (Å²) in [5.41, 5.74) is 2.59. The molecular formula is C35H39F2N3O6. The van der Waals surface area contributed by atoms with Gasteiger partial charge in [0.2, 0.25) is 5.75 Å². The summed E-state index contributed by atoms with van der Waals surface area (Å²) in [6, 6.07) is 19.3. The van der Waals surface area contributed by atoms with Crippen LogP contribution in [-0.4, -0.2) is 80.4 Å². The molecule has 46 heavy (non-hydrogen) atoms. The molecule has 0 radical (unpaired) electrons. The second-order valence-electron chi connectivity index (χ2n) is 11.2. The maximum Gasteiger partial charge on any atom is 0.409 e. The fourth-order valence-corrected chi connectivity index (χ4v) is 5.90. The minimum absolute atomic E-state index is 0.0134. The Bertz CT molecular complexity index is 1620. The standard InChI is InChI=1S/C35H39F2N3O6/c1-43-30-20-26(21-31(44-2)32(30)45-3)35(36,37)33(41)40-17-9-12-27(40)23-46-34(42)39(18-15-24-10-5-4-6-11-24)19-16-25-22-38-29-14-8-7-13-28(25)29/h4-8,10-11,13-14,20-22,27,38H,9,12,15-19,23H2,1-3H3. The first kappa shape index (κ1) is 32.6. The highest BCUT2D eigenvalue weighted by Crippen LogP contribution is 2.43. The zero-order valence-electron chi connectivity index (χ0n) is 26.3. The SMILES string of the molecule is COc1cc(C(F)(F)C(=O)N2CCCC2COC(=O)N(CCc2ccccc2)CCc2c[nH]c3ccccc23)cc(OC)c1OC. The summed E-state index contributed by atoms with van der Waals surface area (Å²) in [7, 11) is 4.00. The van der Waals surface area contributed by atoms with Crippen molar-refractivity contribution in [3.8, 4) is 17.2 Å². The van der Waals surface area contributed by atoms with E-state index in [2.05, 4.69) is 4.98 Å². The summed E-state index contributed by atoms with van der Waals surface area (Å²) in [6.07, 6.45) is 3.57. The molecule has 0 spiro atoms. The first-order valence-electron chi connectivity index (χ1n) is 15.3. The third-order valence-electron chi connectivity index (χ3n) is 8.43. The first-order chi connectivity index (χ1) is 22.3. The number of carbonyl (C=O) groups excluding carboxylic acids is 2. The molecular weight excluding hydrogens is 596 g/mol. The van der Waals surface area contributed by atoms with Crippen molar-refractivity contribution < 1.29 is 37.3 Å². The Hall–Kier alpha value is -4.80. The molecule has 4 aromatic rings. The molecule has 5 rings (SSSR count). The van der Waals surface area contributed by atoms with E-state index in [0.717, 1.165) is 39.1 Å². The Morgan fingerprint density at radius 3 is 2.30 bits per heavy atom. The van der Waals surface area contributed by atoms with Gasteiger partial charge in [0, 0.05) is 42.3 Å². The van der Waals surface area contributed by atoms with Crippen LogP contribution in [0.4, 0.5) is 13.6 Å². The zero-order chi connectivity index (χ0) is 32.7. The number of benzene rings is 3. The van der Waals surface area contributed by atoms with Crippen LogP contribution in [0.1, 0.15) is 29.5 Å². The van der Waals surface area contributed by atoms with E-state index in [1.165, 1.54) is 21.3 Å². The predicted molar refractivity (Wildman–Crippen MR) is 170 cm³/mol. The number of halogens is 2. The average molecular weight is 636 g/mol. The predicted octanol–water partition coefficient (Wildman–Crippen LogP) is 6.20. The molecule has 2 heterocycles. The smallest absolute Gasteiger partial charge is 0.409 e. The number of hydrogen-bond acceptors (Lipinski definition) is 6. The fourth-order valence-electron chi connectivity index (χ4n) is 5.90. The number of H-pyrrole nitrogens is 1. The normalized spacial score (nSPS) is 14.7. The Labute approximate surface area is 267 Å². The quantitative estimate of drug-likeness (QED) is 0.188. The lowest BCUT2D eigenvalue weighted by atomic mass is 10.0. The molecule has 9 nitrogen and oxygen atoms in total. The lowest BCUT2D eigenvalue weighted by Gasteiger charge is -2.30. The van der Waals surface area contributed by atoms with Gasteiger partial charge in [0.05, 0.1) is 27.4 Å². The van der Waals surface area contributed by atoms with Crippen LogP contribution in [0.3, 0.4) is 0 Å². The monoisotopic (exact) mass is 635 g/mol. The van der Waals surface area contributed by atoms with Gasteiger partial charge in [-0.25, -0.2) is 4.79 Å². The number of alkyl halides is 2. The number of fused-ring (bicyclic) bond motifs is 1. The molecule has 1 aliphatic heterocycles. The van der Waals surface area contributed by atoms with Crippen LogP contribution in [-0.2, 0) is 28.3 Å². The maximum absolute atomic E-state index is 15.7. The molecule has 3 aromatic carbocycles. The van der Waals surface area contributed by atoms with Crippen LogP contribution < -0.4 is 14.2 Å². The van der Waals surface area contributed by atoms with Crippen LogP contribution in [0.2, 0.25) is 0 Å². The van der Waals surface area contributed by atoms with Crippen LogP contribution in [0.5, 0.6) is 17.2 Å². The summed E-state index contributed by atoms with van der Waals surface area (Å²) in [4.78, 5) is 32.8. The molecule has 1 fully saturated rings. The number of likely N-dealkylation sites (tertiary alicyclic amines) is 1. The van der Waals surface area contributed by atoms with E-state index in [0.29, 0.717) is 38.8 Å². The van der Waals surface area contributed by atoms with Crippen LogP contribution in [0, 0.1) is 0 Å². The molecule has 0 saturated carbocycles. The molecule has 1 N–H and O–H groups in total. The van der Waals surface area contributed by atoms with Crippen molar-refractivity contribution in [2.75, 3.05) is 47.6 Å². The number of hydrogen-bond donors (Lipinski definition) is 1. The zero-order valence-corrected chi connectivity index (χ0v) is 26.3. The number of rotatable bonds is 13. The minimum Gasteiger partial charge on any atom is -0.493 e. The lowest BCUT2D eigenvalue weighted by Crippen LogP contribution is -2.47. The molecule has 0 bridgehead atoms. The van der Waals surface area contributed by atoms with Gasteiger partial charge in [0.1, 0.15) is 6.61 Å². The van der Waals surface area contributed by atoms with Crippen molar-refractivity contribution in [1.29, 1.82) is 0 Å². The highest BCUT2D eigenvalue weighted by Gasteiger charge is 2.48. The minimum atomic E-state index is -3.89. The summed E-state index contributed by atoms with van der Waals surface area (Å²) in [6.45, 7) is 0.752. The van der Waals surface area contributed by atoms with Crippen molar-refractivity contribution in [2.24, 2.45) is 0 Å². The summed E-state index contributed by atoms with van der Waals surface area (Å²) < 4.78 is 52.8. The molecule has 2 amide bonds. The van der Waals surface area contributed by atoms with Gasteiger partial charge in [-0.05, 0) is 55.0 Å². The fraction of sp³-hybridized carbons (Fsp3) is 0.371. The average Bonchev–Trinajstić information content (AvgIpc) is 3.73. The van der Waals surface area contributed by atoms with Crippen LogP contribution in [0.25, 0.3) is 10.9 Å². The van der Waals surface area contributed by atoms with E-state index < -0.39 is 29.5 Å². The maximum atomic E-state index is 15.7. The summed E-state index contributed by atoms with van der Waals surface area (Å²) in [5.74, 6) is -5.09. The Morgan fingerprint density at radius 1 is 0.935 bits per heavy atom. The molecule has 1 aromatic heterocycles. The van der Waals surface area contributed by atoms with Gasteiger partial charge in [-0.2, -0.15) is 8.78 Å².